The van der Waals surface area contributed by atoms with Crippen LogP contribution in [0.3, 0.4) is 0 Å². The summed E-state index contributed by atoms with van der Waals surface area (Å²) in [6, 6.07) is 3.30. The van der Waals surface area contributed by atoms with E-state index in [1.165, 1.54) is 0 Å². The van der Waals surface area contributed by atoms with Crippen molar-refractivity contribution < 1.29 is 9.47 Å². The Hall–Kier alpha value is -0.870. The quantitative estimate of drug-likeness (QED) is 0.743. The molecule has 13 heavy (non-hydrogen) atoms. The molecule has 0 radical (unpaired) electrons. The molecule has 0 aliphatic rings. The first-order valence-corrected chi connectivity index (χ1v) is 4.25. The minimum atomic E-state index is -0.0412. The summed E-state index contributed by atoms with van der Waals surface area (Å²) < 4.78 is 10.3. The highest BCUT2D eigenvalue weighted by molar-refractivity contribution is 6.29. The molecular weight excluding hydrogens is 192 g/mol. The fourth-order valence-electron chi connectivity index (χ4n) is 0.841. The molecule has 1 aromatic rings. The van der Waals surface area contributed by atoms with E-state index in [0.29, 0.717) is 17.6 Å². The number of hydrogen-bond acceptors (Lipinski definition) is 4. The fraction of sp³-hybridized carbons (Fsp3) is 0.500. The van der Waals surface area contributed by atoms with Gasteiger partial charge in [-0.25, -0.2) is 0 Å². The first kappa shape index (κ1) is 10.2. The van der Waals surface area contributed by atoms with E-state index in [-0.39, 0.29) is 6.10 Å². The van der Waals surface area contributed by atoms with Crippen molar-refractivity contribution >= 4 is 11.6 Å². The van der Waals surface area contributed by atoms with Crippen molar-refractivity contribution in [3.8, 4) is 5.88 Å². The molecule has 5 heteroatoms. The molecule has 4 nitrogen and oxygen atoms in total. The van der Waals surface area contributed by atoms with Crippen molar-refractivity contribution in [1.82, 2.24) is 10.2 Å². The van der Waals surface area contributed by atoms with Crippen molar-refractivity contribution in [2.24, 2.45) is 0 Å². The molecule has 0 aromatic carbocycles. The molecule has 0 spiro atoms. The Morgan fingerprint density at radius 1 is 1.46 bits per heavy atom. The van der Waals surface area contributed by atoms with E-state index in [4.69, 9.17) is 21.1 Å². The molecule has 0 bridgehead atoms. The summed E-state index contributed by atoms with van der Waals surface area (Å²) in [5, 5.41) is 7.74. The second-order valence-corrected chi connectivity index (χ2v) is 2.97. The topological polar surface area (TPSA) is 44.2 Å². The van der Waals surface area contributed by atoms with E-state index in [1.54, 1.807) is 19.2 Å². The van der Waals surface area contributed by atoms with Gasteiger partial charge in [-0.1, -0.05) is 11.6 Å². The largest absolute Gasteiger partial charge is 0.471 e. The zero-order valence-corrected chi connectivity index (χ0v) is 8.28. The van der Waals surface area contributed by atoms with Crippen LogP contribution in [0.5, 0.6) is 5.88 Å². The fourth-order valence-corrected chi connectivity index (χ4v) is 0.942. The van der Waals surface area contributed by atoms with E-state index in [2.05, 4.69) is 10.2 Å². The SMILES string of the molecule is COCC(C)Oc1ccc(Cl)nn1. The molecule has 0 fully saturated rings. The molecule has 1 heterocycles. The second-order valence-electron chi connectivity index (χ2n) is 2.58. The van der Waals surface area contributed by atoms with Gasteiger partial charge < -0.3 is 9.47 Å². The Morgan fingerprint density at radius 2 is 2.23 bits per heavy atom. The van der Waals surface area contributed by atoms with Crippen LogP contribution in [0.25, 0.3) is 0 Å². The van der Waals surface area contributed by atoms with Gasteiger partial charge in [0, 0.05) is 13.2 Å². The maximum atomic E-state index is 5.56. The van der Waals surface area contributed by atoms with E-state index in [1.807, 2.05) is 6.92 Å². The molecule has 0 saturated carbocycles. The number of hydrogen-bond donors (Lipinski definition) is 0. The van der Waals surface area contributed by atoms with E-state index < -0.39 is 0 Å². The maximum absolute atomic E-state index is 5.56. The Kier molecular flexibility index (Phi) is 3.92. The molecule has 0 aliphatic carbocycles. The molecule has 1 unspecified atom stereocenters. The summed E-state index contributed by atoms with van der Waals surface area (Å²) in [4.78, 5) is 0. The second kappa shape index (κ2) is 4.99. The Morgan fingerprint density at radius 3 is 2.77 bits per heavy atom. The van der Waals surface area contributed by atoms with Crippen LogP contribution in [0, 0.1) is 0 Å². The lowest BCUT2D eigenvalue weighted by atomic mass is 10.4. The third kappa shape index (κ3) is 3.57. The highest BCUT2D eigenvalue weighted by atomic mass is 35.5. The van der Waals surface area contributed by atoms with Gasteiger partial charge in [0.25, 0.3) is 0 Å². The standard InChI is InChI=1S/C8H11ClN2O2/c1-6(5-12-2)13-8-4-3-7(9)10-11-8/h3-4,6H,5H2,1-2H3. The van der Waals surface area contributed by atoms with Gasteiger partial charge in [0.1, 0.15) is 6.10 Å². The van der Waals surface area contributed by atoms with Gasteiger partial charge >= 0.3 is 0 Å². The molecule has 72 valence electrons. The summed E-state index contributed by atoms with van der Waals surface area (Å²) in [5.74, 6) is 0.453. The van der Waals surface area contributed by atoms with Crippen molar-refractivity contribution in [2.45, 2.75) is 13.0 Å². The highest BCUT2D eigenvalue weighted by Gasteiger charge is 2.04. The number of ether oxygens (including phenoxy) is 2. The monoisotopic (exact) mass is 202 g/mol. The molecular formula is C8H11ClN2O2. The molecule has 1 rings (SSSR count). The summed E-state index contributed by atoms with van der Waals surface area (Å²) in [6.45, 7) is 2.41. The van der Waals surface area contributed by atoms with Gasteiger partial charge in [-0.3, -0.25) is 0 Å². The van der Waals surface area contributed by atoms with Crippen LogP contribution in [-0.2, 0) is 4.74 Å². The number of halogens is 1. The Bertz CT molecular complexity index is 253. The van der Waals surface area contributed by atoms with Crippen LogP contribution in [0.4, 0.5) is 0 Å². The lowest BCUT2D eigenvalue weighted by molar-refractivity contribution is 0.0883. The molecule has 0 N–H and O–H groups in total. The van der Waals surface area contributed by atoms with Crippen LogP contribution in [0.2, 0.25) is 5.15 Å². The number of rotatable bonds is 4. The Labute approximate surface area is 81.8 Å². The lowest BCUT2D eigenvalue weighted by Gasteiger charge is -2.11. The lowest BCUT2D eigenvalue weighted by Crippen LogP contribution is -2.18. The normalized spacial score (nSPS) is 12.5. The van der Waals surface area contributed by atoms with Crippen molar-refractivity contribution in [3.05, 3.63) is 17.3 Å². The maximum Gasteiger partial charge on any atom is 0.233 e. The van der Waals surface area contributed by atoms with Crippen LogP contribution in [0.15, 0.2) is 12.1 Å². The van der Waals surface area contributed by atoms with E-state index in [9.17, 15) is 0 Å². The molecule has 1 atom stereocenters. The average Bonchev–Trinajstić information content (AvgIpc) is 2.09. The van der Waals surface area contributed by atoms with Crippen LogP contribution in [-0.4, -0.2) is 30.0 Å². The van der Waals surface area contributed by atoms with Crippen LogP contribution >= 0.6 is 11.6 Å². The van der Waals surface area contributed by atoms with Gasteiger partial charge in [0.15, 0.2) is 5.15 Å². The highest BCUT2D eigenvalue weighted by Crippen LogP contribution is 2.09. The number of methoxy groups -OCH3 is 1. The average molecular weight is 203 g/mol. The van der Waals surface area contributed by atoms with Crippen molar-refractivity contribution in [2.75, 3.05) is 13.7 Å². The predicted molar refractivity (Wildman–Crippen MR) is 49.0 cm³/mol. The van der Waals surface area contributed by atoms with Crippen molar-refractivity contribution in [1.29, 1.82) is 0 Å². The summed E-state index contributed by atoms with van der Waals surface area (Å²) in [7, 11) is 1.62. The van der Waals surface area contributed by atoms with Crippen molar-refractivity contribution in [3.63, 3.8) is 0 Å². The minimum absolute atomic E-state index is 0.0412. The molecule has 0 aliphatic heterocycles. The molecule has 1 aromatic heterocycles. The van der Waals surface area contributed by atoms with Gasteiger partial charge in [-0.05, 0) is 13.0 Å². The molecule has 0 saturated heterocycles. The zero-order chi connectivity index (χ0) is 9.68. The third-order valence-corrected chi connectivity index (χ3v) is 1.53. The number of aromatic nitrogens is 2. The minimum Gasteiger partial charge on any atom is -0.471 e. The van der Waals surface area contributed by atoms with Gasteiger partial charge in [-0.2, -0.15) is 0 Å². The zero-order valence-electron chi connectivity index (χ0n) is 7.53. The van der Waals surface area contributed by atoms with E-state index in [0.717, 1.165) is 0 Å². The smallest absolute Gasteiger partial charge is 0.233 e. The predicted octanol–water partition coefficient (Wildman–Crippen LogP) is 1.54. The number of nitrogens with zero attached hydrogens (tertiary/aromatic N) is 2. The van der Waals surface area contributed by atoms with Crippen LogP contribution in [0.1, 0.15) is 6.92 Å². The van der Waals surface area contributed by atoms with E-state index >= 15 is 0 Å². The van der Waals surface area contributed by atoms with Gasteiger partial charge in [0.2, 0.25) is 5.88 Å². The molecule has 0 amide bonds. The summed E-state index contributed by atoms with van der Waals surface area (Å²) in [6.07, 6.45) is -0.0412. The van der Waals surface area contributed by atoms with Gasteiger partial charge in [-0.15, -0.1) is 10.2 Å². The summed E-state index contributed by atoms with van der Waals surface area (Å²) >= 11 is 5.56. The Balaban J connectivity index is 2.49. The first-order valence-electron chi connectivity index (χ1n) is 3.87. The van der Waals surface area contributed by atoms with Crippen LogP contribution < -0.4 is 4.74 Å². The van der Waals surface area contributed by atoms with Gasteiger partial charge in [0.05, 0.1) is 6.61 Å². The first-order chi connectivity index (χ1) is 6.22. The summed E-state index contributed by atoms with van der Waals surface area (Å²) in [5.41, 5.74) is 0. The third-order valence-electron chi connectivity index (χ3n) is 1.33.